The minimum atomic E-state index is -4.77. The molecule has 314 valence electrons. The van der Waals surface area contributed by atoms with Crippen LogP contribution in [0, 0.1) is 0 Å². The molecular formula is C45H81O8P. The third kappa shape index (κ3) is 42.7. The second-order valence-electron chi connectivity index (χ2n) is 14.7. The molecule has 0 fully saturated rings. The van der Waals surface area contributed by atoms with Gasteiger partial charge in [-0.3, -0.25) is 14.1 Å². The van der Waals surface area contributed by atoms with Gasteiger partial charge in [-0.15, -0.1) is 0 Å². The van der Waals surface area contributed by atoms with Crippen molar-refractivity contribution in [2.24, 2.45) is 0 Å². The molecule has 0 aromatic heterocycles. The largest absolute Gasteiger partial charge is 0.469 e. The van der Waals surface area contributed by atoms with Crippen LogP contribution in [-0.2, 0) is 28.2 Å². The predicted molar refractivity (Wildman–Crippen MR) is 225 cm³/mol. The van der Waals surface area contributed by atoms with Gasteiger partial charge in [-0.05, 0) is 70.6 Å². The summed E-state index contributed by atoms with van der Waals surface area (Å²) in [4.78, 5) is 42.9. The molecule has 0 saturated carbocycles. The zero-order chi connectivity index (χ0) is 39.6. The van der Waals surface area contributed by atoms with Crippen LogP contribution in [0.5, 0.6) is 0 Å². The van der Waals surface area contributed by atoms with Crippen LogP contribution in [0.25, 0.3) is 0 Å². The molecule has 0 aliphatic carbocycles. The molecule has 8 nitrogen and oxygen atoms in total. The number of unbranched alkanes of at least 4 members (excludes halogenated alkanes) is 22. The molecule has 1 atom stereocenters. The summed E-state index contributed by atoms with van der Waals surface area (Å²) in [7, 11) is -4.77. The first-order valence-corrected chi connectivity index (χ1v) is 23.5. The van der Waals surface area contributed by atoms with Crippen molar-refractivity contribution < 1.29 is 37.9 Å². The number of rotatable bonds is 40. The molecule has 0 aromatic rings. The number of phosphoric ester groups is 1. The highest BCUT2D eigenvalue weighted by molar-refractivity contribution is 7.46. The fourth-order valence-corrected chi connectivity index (χ4v) is 6.39. The van der Waals surface area contributed by atoms with E-state index in [1.54, 1.807) is 0 Å². The lowest BCUT2D eigenvalue weighted by molar-refractivity contribution is -0.161. The van der Waals surface area contributed by atoms with Crippen LogP contribution in [0.2, 0.25) is 0 Å². The Morgan fingerprint density at radius 1 is 0.481 bits per heavy atom. The fraction of sp³-hybridized carbons (Fsp3) is 0.778. The summed E-state index contributed by atoms with van der Waals surface area (Å²) in [5.74, 6) is -0.940. The minimum Gasteiger partial charge on any atom is -0.462 e. The van der Waals surface area contributed by atoms with Crippen LogP contribution < -0.4 is 0 Å². The molecule has 0 aromatic carbocycles. The maximum atomic E-state index is 12.4. The SMILES string of the molecule is CCCCC/C=C/C/C=C/CCCCCCCCCCCC(=O)O[C@H](COC(=O)CCC/C=C/C/C=C/CCCCCCCCCCC)COP(=O)(O)O. The van der Waals surface area contributed by atoms with E-state index in [0.717, 1.165) is 51.4 Å². The van der Waals surface area contributed by atoms with Crippen LogP contribution >= 0.6 is 7.82 Å². The first-order chi connectivity index (χ1) is 26.3. The van der Waals surface area contributed by atoms with E-state index in [4.69, 9.17) is 19.3 Å². The molecule has 0 radical (unpaired) electrons. The summed E-state index contributed by atoms with van der Waals surface area (Å²) in [5.41, 5.74) is 0. The van der Waals surface area contributed by atoms with E-state index < -0.39 is 32.5 Å². The molecule has 0 amide bonds. The van der Waals surface area contributed by atoms with E-state index in [2.05, 4.69) is 67.0 Å². The van der Waals surface area contributed by atoms with Crippen LogP contribution in [0.3, 0.4) is 0 Å². The second kappa shape index (κ2) is 40.7. The topological polar surface area (TPSA) is 119 Å². The zero-order valence-corrected chi connectivity index (χ0v) is 35.5. The van der Waals surface area contributed by atoms with Gasteiger partial charge in [0.2, 0.25) is 0 Å². The van der Waals surface area contributed by atoms with Gasteiger partial charge in [-0.2, -0.15) is 0 Å². The number of esters is 2. The average molecular weight is 781 g/mol. The van der Waals surface area contributed by atoms with E-state index in [-0.39, 0.29) is 19.4 Å². The molecule has 0 aliphatic heterocycles. The smallest absolute Gasteiger partial charge is 0.462 e. The third-order valence-corrected chi connectivity index (χ3v) is 9.81. The Balaban J connectivity index is 3.96. The number of carbonyl (C=O) groups is 2. The molecular weight excluding hydrogens is 699 g/mol. The molecule has 0 unspecified atom stereocenters. The lowest BCUT2D eigenvalue weighted by Gasteiger charge is -2.18. The fourth-order valence-electron chi connectivity index (χ4n) is 6.03. The normalized spacial score (nSPS) is 12.9. The highest BCUT2D eigenvalue weighted by Crippen LogP contribution is 2.36. The summed E-state index contributed by atoms with van der Waals surface area (Å²) in [6.07, 6.45) is 49.8. The van der Waals surface area contributed by atoms with E-state index in [1.807, 2.05) is 0 Å². The molecule has 0 bridgehead atoms. The molecule has 0 aliphatic rings. The van der Waals surface area contributed by atoms with E-state index >= 15 is 0 Å². The quantitative estimate of drug-likeness (QED) is 0.0273. The molecule has 0 heterocycles. The monoisotopic (exact) mass is 781 g/mol. The van der Waals surface area contributed by atoms with Crippen molar-refractivity contribution in [3.63, 3.8) is 0 Å². The molecule has 54 heavy (non-hydrogen) atoms. The van der Waals surface area contributed by atoms with Gasteiger partial charge >= 0.3 is 19.8 Å². The first-order valence-electron chi connectivity index (χ1n) is 21.9. The van der Waals surface area contributed by atoms with Crippen LogP contribution in [0.4, 0.5) is 0 Å². The standard InChI is InChI=1S/C45H81O8P/c1-3-5-7-9-11-13-15-17-19-21-22-24-26-28-30-32-34-36-38-40-45(47)53-43(42-52-54(48,49)50)41-51-44(46)39-37-35-33-31-29-27-25-23-20-18-16-14-12-10-8-6-4-2/h11,13,17,19,25,27,31,33,43H,3-10,12,14-16,18,20-24,26,28-30,32,34-42H2,1-2H3,(H2,48,49,50)/b13-11+,19-17+,27-25+,33-31+/t43-/m1/s1. The molecule has 9 heteroatoms. The summed E-state index contributed by atoms with van der Waals surface area (Å²) < 4.78 is 26.4. The van der Waals surface area contributed by atoms with Crippen molar-refractivity contribution in [3.05, 3.63) is 48.6 Å². The molecule has 0 saturated heterocycles. The van der Waals surface area contributed by atoms with Gasteiger partial charge in [-0.1, -0.05) is 172 Å². The van der Waals surface area contributed by atoms with Crippen molar-refractivity contribution >= 4 is 19.8 Å². The Bertz CT molecular complexity index is 1020. The Kier molecular flexibility index (Phi) is 39.2. The summed E-state index contributed by atoms with van der Waals surface area (Å²) in [6.45, 7) is 3.63. The van der Waals surface area contributed by atoms with Gasteiger partial charge < -0.3 is 19.3 Å². The summed E-state index contributed by atoms with van der Waals surface area (Å²) in [5, 5.41) is 0. The number of allylic oxidation sites excluding steroid dienone is 8. The van der Waals surface area contributed by atoms with Gasteiger partial charge in [0.05, 0.1) is 6.61 Å². The van der Waals surface area contributed by atoms with Crippen molar-refractivity contribution in [2.45, 2.75) is 213 Å². The van der Waals surface area contributed by atoms with Crippen molar-refractivity contribution in [3.8, 4) is 0 Å². The molecule has 0 spiro atoms. The predicted octanol–water partition coefficient (Wildman–Crippen LogP) is 13.5. The lowest BCUT2D eigenvalue weighted by atomic mass is 10.1. The number of phosphoric acid groups is 1. The van der Waals surface area contributed by atoms with Gasteiger partial charge in [0, 0.05) is 12.8 Å². The van der Waals surface area contributed by atoms with E-state index in [9.17, 15) is 14.2 Å². The highest BCUT2D eigenvalue weighted by atomic mass is 31.2. The van der Waals surface area contributed by atoms with E-state index in [0.29, 0.717) is 12.8 Å². The summed E-state index contributed by atoms with van der Waals surface area (Å²) >= 11 is 0. The van der Waals surface area contributed by atoms with Crippen LogP contribution in [-0.4, -0.2) is 41.0 Å². The number of carbonyl (C=O) groups excluding carboxylic acids is 2. The average Bonchev–Trinajstić information content (AvgIpc) is 3.14. The van der Waals surface area contributed by atoms with Crippen LogP contribution in [0.15, 0.2) is 48.6 Å². The Morgan fingerprint density at radius 2 is 0.852 bits per heavy atom. The van der Waals surface area contributed by atoms with Gasteiger partial charge in [0.25, 0.3) is 0 Å². The van der Waals surface area contributed by atoms with Gasteiger partial charge in [-0.25, -0.2) is 4.57 Å². The molecule has 2 N–H and O–H groups in total. The minimum absolute atomic E-state index is 0.198. The van der Waals surface area contributed by atoms with Gasteiger partial charge in [0.15, 0.2) is 6.10 Å². The van der Waals surface area contributed by atoms with Crippen molar-refractivity contribution in [1.82, 2.24) is 0 Å². The Hall–Kier alpha value is -1.99. The number of hydrogen-bond acceptors (Lipinski definition) is 6. The Morgan fingerprint density at radius 3 is 1.31 bits per heavy atom. The second-order valence-corrected chi connectivity index (χ2v) is 15.9. The van der Waals surface area contributed by atoms with Crippen LogP contribution in [0.1, 0.15) is 206 Å². The zero-order valence-electron chi connectivity index (χ0n) is 34.6. The maximum Gasteiger partial charge on any atom is 0.469 e. The van der Waals surface area contributed by atoms with E-state index in [1.165, 1.54) is 116 Å². The van der Waals surface area contributed by atoms with Gasteiger partial charge in [0.1, 0.15) is 6.61 Å². The third-order valence-electron chi connectivity index (χ3n) is 9.32. The summed E-state index contributed by atoms with van der Waals surface area (Å²) in [6, 6.07) is 0. The maximum absolute atomic E-state index is 12.4. The first kappa shape index (κ1) is 52.0. The van der Waals surface area contributed by atoms with Crippen molar-refractivity contribution in [1.29, 1.82) is 0 Å². The lowest BCUT2D eigenvalue weighted by Crippen LogP contribution is -2.29. The number of hydrogen-bond donors (Lipinski definition) is 2. The number of ether oxygens (including phenoxy) is 2. The molecule has 0 rings (SSSR count). The van der Waals surface area contributed by atoms with Crippen molar-refractivity contribution in [2.75, 3.05) is 13.2 Å². The Labute approximate surface area is 331 Å². The highest BCUT2D eigenvalue weighted by Gasteiger charge is 2.22.